The van der Waals surface area contributed by atoms with E-state index >= 15 is 0 Å². The van der Waals surface area contributed by atoms with E-state index in [9.17, 15) is 4.79 Å². The summed E-state index contributed by atoms with van der Waals surface area (Å²) in [6.45, 7) is 3.54. The predicted octanol–water partition coefficient (Wildman–Crippen LogP) is 2.51. The van der Waals surface area contributed by atoms with Crippen molar-refractivity contribution in [3.05, 3.63) is 53.9 Å². The molecule has 0 radical (unpaired) electrons. The summed E-state index contributed by atoms with van der Waals surface area (Å²) in [5.74, 6) is 0.775. The van der Waals surface area contributed by atoms with Crippen LogP contribution in [0.2, 0.25) is 0 Å². The van der Waals surface area contributed by atoms with Gasteiger partial charge in [0, 0.05) is 12.4 Å². The van der Waals surface area contributed by atoms with Crippen molar-refractivity contribution < 1.29 is 14.3 Å². The van der Waals surface area contributed by atoms with Gasteiger partial charge in [-0.3, -0.25) is 9.78 Å². The zero-order valence-electron chi connectivity index (χ0n) is 12.8. The molecule has 0 fully saturated rings. The number of aliphatic imine (C=N–C) groups is 1. The van der Waals surface area contributed by atoms with Crippen LogP contribution >= 0.6 is 0 Å². The molecule has 23 heavy (non-hydrogen) atoms. The standard InChI is InChI=1S/C17H17N3O3/c1-2-22-15-7-8-18-11-13(15)16(21)20-14-6-4-3-5-12(14)17-19-9-10-23-17/h3-8,11H,2,9-10H2,1H3,(H,20,21). The van der Waals surface area contributed by atoms with Crippen LogP contribution in [-0.2, 0) is 4.74 Å². The van der Waals surface area contributed by atoms with Crippen LogP contribution in [0.25, 0.3) is 0 Å². The van der Waals surface area contributed by atoms with Gasteiger partial charge in [0.1, 0.15) is 12.4 Å². The molecule has 3 rings (SSSR count). The number of hydrogen-bond acceptors (Lipinski definition) is 5. The minimum atomic E-state index is -0.285. The van der Waals surface area contributed by atoms with Crippen LogP contribution in [0, 0.1) is 0 Å². The van der Waals surface area contributed by atoms with Crippen molar-refractivity contribution in [2.45, 2.75) is 6.92 Å². The molecule has 0 aliphatic carbocycles. The molecule has 1 aliphatic rings. The highest BCUT2D eigenvalue weighted by molar-refractivity contribution is 6.10. The highest BCUT2D eigenvalue weighted by atomic mass is 16.5. The first-order valence-corrected chi connectivity index (χ1v) is 7.44. The van der Waals surface area contributed by atoms with E-state index in [1.54, 1.807) is 12.3 Å². The number of anilines is 1. The fourth-order valence-electron chi connectivity index (χ4n) is 2.30. The SMILES string of the molecule is CCOc1ccncc1C(=O)Nc1ccccc1C1=NCCO1. The number of nitrogens with zero attached hydrogens (tertiary/aromatic N) is 2. The summed E-state index contributed by atoms with van der Waals surface area (Å²) in [4.78, 5) is 20.9. The molecule has 1 amide bonds. The Morgan fingerprint density at radius 2 is 2.22 bits per heavy atom. The van der Waals surface area contributed by atoms with Crippen LogP contribution in [0.1, 0.15) is 22.8 Å². The predicted molar refractivity (Wildman–Crippen MR) is 87.2 cm³/mol. The third-order valence-corrected chi connectivity index (χ3v) is 3.32. The van der Waals surface area contributed by atoms with Gasteiger partial charge < -0.3 is 14.8 Å². The summed E-state index contributed by atoms with van der Waals surface area (Å²) in [7, 11) is 0. The summed E-state index contributed by atoms with van der Waals surface area (Å²) in [5, 5.41) is 2.88. The van der Waals surface area contributed by atoms with Gasteiger partial charge in [0.25, 0.3) is 5.91 Å². The maximum atomic E-state index is 12.6. The molecule has 1 aromatic carbocycles. The molecule has 0 spiro atoms. The first kappa shape index (κ1) is 15.0. The fraction of sp³-hybridized carbons (Fsp3) is 0.235. The van der Waals surface area contributed by atoms with Crippen LogP contribution in [0.5, 0.6) is 5.75 Å². The van der Waals surface area contributed by atoms with Gasteiger partial charge in [0.05, 0.1) is 30.0 Å². The molecule has 6 heteroatoms. The summed E-state index contributed by atoms with van der Waals surface area (Å²) in [5.41, 5.74) is 1.79. The number of aromatic nitrogens is 1. The second kappa shape index (κ2) is 6.91. The number of pyridine rings is 1. The Morgan fingerprint density at radius 3 is 3.00 bits per heavy atom. The zero-order chi connectivity index (χ0) is 16.1. The molecule has 2 aromatic rings. The van der Waals surface area contributed by atoms with Crippen molar-refractivity contribution in [2.75, 3.05) is 25.1 Å². The van der Waals surface area contributed by atoms with Gasteiger partial charge in [-0.1, -0.05) is 12.1 Å². The molecule has 2 heterocycles. The normalized spacial score (nSPS) is 13.2. The molecule has 0 atom stereocenters. The van der Waals surface area contributed by atoms with Gasteiger partial charge in [0.15, 0.2) is 0 Å². The van der Waals surface area contributed by atoms with Crippen molar-refractivity contribution in [3.63, 3.8) is 0 Å². The summed E-state index contributed by atoms with van der Waals surface area (Å²) in [6.07, 6.45) is 3.09. The Kier molecular flexibility index (Phi) is 4.52. The minimum absolute atomic E-state index is 0.285. The number of para-hydroxylation sites is 1. The third kappa shape index (κ3) is 3.31. The van der Waals surface area contributed by atoms with E-state index < -0.39 is 0 Å². The van der Waals surface area contributed by atoms with Crippen LogP contribution in [-0.4, -0.2) is 36.5 Å². The summed E-state index contributed by atoms with van der Waals surface area (Å²) >= 11 is 0. The van der Waals surface area contributed by atoms with Crippen molar-refractivity contribution in [3.8, 4) is 5.75 Å². The minimum Gasteiger partial charge on any atom is -0.493 e. The first-order valence-electron chi connectivity index (χ1n) is 7.44. The zero-order valence-corrected chi connectivity index (χ0v) is 12.8. The van der Waals surface area contributed by atoms with Crippen molar-refractivity contribution in [1.82, 2.24) is 4.98 Å². The van der Waals surface area contributed by atoms with Crippen molar-refractivity contribution in [1.29, 1.82) is 0 Å². The van der Waals surface area contributed by atoms with E-state index in [4.69, 9.17) is 9.47 Å². The van der Waals surface area contributed by atoms with Gasteiger partial charge in [-0.2, -0.15) is 0 Å². The Bertz CT molecular complexity index is 743. The van der Waals surface area contributed by atoms with Crippen LogP contribution < -0.4 is 10.1 Å². The molecule has 1 aliphatic heterocycles. The lowest BCUT2D eigenvalue weighted by molar-refractivity contribution is 0.102. The van der Waals surface area contributed by atoms with Crippen LogP contribution in [0.4, 0.5) is 5.69 Å². The number of hydrogen-bond donors (Lipinski definition) is 1. The Hall–Kier alpha value is -2.89. The Morgan fingerprint density at radius 1 is 1.35 bits per heavy atom. The smallest absolute Gasteiger partial charge is 0.261 e. The Labute approximate surface area is 134 Å². The van der Waals surface area contributed by atoms with E-state index in [1.165, 1.54) is 6.20 Å². The number of amides is 1. The van der Waals surface area contributed by atoms with E-state index in [-0.39, 0.29) is 5.91 Å². The molecule has 0 saturated heterocycles. The molecule has 1 N–H and O–H groups in total. The maximum absolute atomic E-state index is 12.6. The van der Waals surface area contributed by atoms with E-state index in [1.807, 2.05) is 31.2 Å². The number of carbonyl (C=O) groups excluding carboxylic acids is 1. The largest absolute Gasteiger partial charge is 0.493 e. The molecule has 118 valence electrons. The maximum Gasteiger partial charge on any atom is 0.261 e. The average Bonchev–Trinajstić information content (AvgIpc) is 3.10. The van der Waals surface area contributed by atoms with E-state index in [0.717, 1.165) is 5.56 Å². The van der Waals surface area contributed by atoms with Crippen LogP contribution in [0.15, 0.2) is 47.7 Å². The fourth-order valence-corrected chi connectivity index (χ4v) is 2.30. The quantitative estimate of drug-likeness (QED) is 0.921. The van der Waals surface area contributed by atoms with Crippen LogP contribution in [0.3, 0.4) is 0 Å². The molecule has 1 aromatic heterocycles. The van der Waals surface area contributed by atoms with Gasteiger partial charge in [-0.05, 0) is 25.1 Å². The topological polar surface area (TPSA) is 72.8 Å². The third-order valence-electron chi connectivity index (χ3n) is 3.32. The monoisotopic (exact) mass is 311 g/mol. The molecule has 6 nitrogen and oxygen atoms in total. The van der Waals surface area contributed by atoms with Crippen molar-refractivity contribution >= 4 is 17.5 Å². The second-order valence-electron chi connectivity index (χ2n) is 4.84. The Balaban J connectivity index is 1.87. The lowest BCUT2D eigenvalue weighted by atomic mass is 10.1. The van der Waals surface area contributed by atoms with Crippen molar-refractivity contribution in [2.24, 2.45) is 4.99 Å². The molecule has 0 bridgehead atoms. The molecular weight excluding hydrogens is 294 g/mol. The lowest BCUT2D eigenvalue weighted by Crippen LogP contribution is -2.16. The highest BCUT2D eigenvalue weighted by Crippen LogP contribution is 2.22. The van der Waals surface area contributed by atoms with Gasteiger partial charge >= 0.3 is 0 Å². The number of nitrogens with one attached hydrogen (secondary N) is 1. The first-order chi connectivity index (χ1) is 11.3. The lowest BCUT2D eigenvalue weighted by Gasteiger charge is -2.12. The number of rotatable bonds is 5. The van der Waals surface area contributed by atoms with E-state index in [0.29, 0.717) is 42.7 Å². The molecule has 0 unspecified atom stereocenters. The van der Waals surface area contributed by atoms with Gasteiger partial charge in [-0.25, -0.2) is 4.99 Å². The van der Waals surface area contributed by atoms with E-state index in [2.05, 4.69) is 15.3 Å². The molecular formula is C17H17N3O3. The highest BCUT2D eigenvalue weighted by Gasteiger charge is 2.18. The van der Waals surface area contributed by atoms with Gasteiger partial charge in [-0.15, -0.1) is 0 Å². The summed E-state index contributed by atoms with van der Waals surface area (Å²) in [6, 6.07) is 9.08. The molecule has 0 saturated carbocycles. The average molecular weight is 311 g/mol. The number of ether oxygens (including phenoxy) is 2. The number of benzene rings is 1. The second-order valence-corrected chi connectivity index (χ2v) is 4.84. The summed E-state index contributed by atoms with van der Waals surface area (Å²) < 4.78 is 11.0. The van der Waals surface area contributed by atoms with Gasteiger partial charge in [0.2, 0.25) is 5.90 Å². The number of carbonyl (C=O) groups is 1.